The molecule has 0 amide bonds. The van der Waals surface area contributed by atoms with Crippen molar-refractivity contribution in [3.8, 4) is 0 Å². The monoisotopic (exact) mass is 263 g/mol. The van der Waals surface area contributed by atoms with Crippen molar-refractivity contribution >= 4 is 0 Å². The zero-order chi connectivity index (χ0) is 13.7. The molecule has 1 aromatic rings. The van der Waals surface area contributed by atoms with Crippen molar-refractivity contribution in [2.24, 2.45) is 5.84 Å². The van der Waals surface area contributed by atoms with Gasteiger partial charge in [0.1, 0.15) is 6.33 Å². The molecule has 0 aromatic carbocycles. The van der Waals surface area contributed by atoms with E-state index in [-0.39, 0.29) is 11.6 Å². The van der Waals surface area contributed by atoms with Gasteiger partial charge in [0.2, 0.25) is 0 Å². The minimum absolute atomic E-state index is 0.000116. The number of hydrogen-bond acceptors (Lipinski definition) is 5. The van der Waals surface area contributed by atoms with Gasteiger partial charge in [-0.25, -0.2) is 9.97 Å². The lowest BCUT2D eigenvalue weighted by Crippen LogP contribution is -2.57. The van der Waals surface area contributed by atoms with Gasteiger partial charge in [0.25, 0.3) is 0 Å². The van der Waals surface area contributed by atoms with Crippen molar-refractivity contribution in [1.82, 2.24) is 20.3 Å². The maximum Gasteiger partial charge on any atom is 0.115 e. The minimum atomic E-state index is -0.000116. The fourth-order valence-electron chi connectivity index (χ4n) is 3.11. The van der Waals surface area contributed by atoms with Crippen molar-refractivity contribution < 1.29 is 0 Å². The lowest BCUT2D eigenvalue weighted by Gasteiger charge is -2.47. The van der Waals surface area contributed by atoms with Crippen LogP contribution in [0.3, 0.4) is 0 Å². The molecule has 2 atom stereocenters. The van der Waals surface area contributed by atoms with Crippen molar-refractivity contribution in [2.75, 3.05) is 13.1 Å². The molecule has 2 unspecified atom stereocenters. The second-order valence-corrected chi connectivity index (χ2v) is 5.53. The van der Waals surface area contributed by atoms with E-state index in [4.69, 9.17) is 5.84 Å². The predicted octanol–water partition coefficient (Wildman–Crippen LogP) is 1.64. The Morgan fingerprint density at radius 2 is 1.95 bits per heavy atom. The first-order chi connectivity index (χ1) is 9.22. The van der Waals surface area contributed by atoms with Crippen LogP contribution in [-0.4, -0.2) is 33.5 Å². The average Bonchev–Trinajstić information content (AvgIpc) is 2.49. The smallest absolute Gasteiger partial charge is 0.115 e. The number of nitrogens with one attached hydrogen (secondary N) is 1. The van der Waals surface area contributed by atoms with E-state index in [0.29, 0.717) is 0 Å². The highest BCUT2D eigenvalue weighted by atomic mass is 15.3. The van der Waals surface area contributed by atoms with Crippen LogP contribution in [0.25, 0.3) is 0 Å². The molecule has 1 fully saturated rings. The highest BCUT2D eigenvalue weighted by Crippen LogP contribution is 2.35. The lowest BCUT2D eigenvalue weighted by atomic mass is 9.83. The first kappa shape index (κ1) is 14.4. The van der Waals surface area contributed by atoms with Crippen LogP contribution in [0.1, 0.15) is 51.1 Å². The summed E-state index contributed by atoms with van der Waals surface area (Å²) in [6, 6.07) is 0.0526. The third kappa shape index (κ3) is 2.94. The average molecular weight is 263 g/mol. The maximum atomic E-state index is 5.84. The van der Waals surface area contributed by atoms with Gasteiger partial charge in [-0.3, -0.25) is 16.2 Å². The van der Waals surface area contributed by atoms with Crippen LogP contribution in [0, 0.1) is 0 Å². The number of hydrazine groups is 1. The van der Waals surface area contributed by atoms with Crippen LogP contribution in [0.5, 0.6) is 0 Å². The Kier molecular flexibility index (Phi) is 4.85. The second kappa shape index (κ2) is 6.41. The van der Waals surface area contributed by atoms with E-state index < -0.39 is 0 Å². The third-order valence-electron chi connectivity index (χ3n) is 4.50. The fraction of sp³-hybridized carbons (Fsp3) is 0.714. The van der Waals surface area contributed by atoms with Crippen molar-refractivity contribution in [2.45, 2.75) is 51.1 Å². The van der Waals surface area contributed by atoms with Crippen molar-refractivity contribution in [3.63, 3.8) is 0 Å². The van der Waals surface area contributed by atoms with Crippen LogP contribution in [0.4, 0.5) is 0 Å². The molecule has 0 saturated carbocycles. The molecule has 19 heavy (non-hydrogen) atoms. The third-order valence-corrected chi connectivity index (χ3v) is 4.50. The Bertz CT molecular complexity index is 377. The van der Waals surface area contributed by atoms with Gasteiger partial charge in [0, 0.05) is 23.5 Å². The van der Waals surface area contributed by atoms with E-state index in [1.165, 1.54) is 19.3 Å². The van der Waals surface area contributed by atoms with Gasteiger partial charge in [0.15, 0.2) is 0 Å². The minimum Gasteiger partial charge on any atom is -0.296 e. The summed E-state index contributed by atoms with van der Waals surface area (Å²) in [5.41, 5.74) is 4.04. The summed E-state index contributed by atoms with van der Waals surface area (Å²) in [4.78, 5) is 10.8. The molecule has 106 valence electrons. The highest BCUT2D eigenvalue weighted by Gasteiger charge is 2.39. The van der Waals surface area contributed by atoms with Crippen LogP contribution in [0.15, 0.2) is 18.7 Å². The predicted molar refractivity (Wildman–Crippen MR) is 76.2 cm³/mol. The summed E-state index contributed by atoms with van der Waals surface area (Å²) >= 11 is 0. The SMILES string of the molecule is CCC(C)(C(NN)c1cncnc1)N1CCCCC1. The van der Waals surface area contributed by atoms with Gasteiger partial charge in [-0.15, -0.1) is 0 Å². The molecule has 1 saturated heterocycles. The first-order valence-electron chi connectivity index (χ1n) is 7.18. The van der Waals surface area contributed by atoms with Gasteiger partial charge >= 0.3 is 0 Å². The topological polar surface area (TPSA) is 67.1 Å². The van der Waals surface area contributed by atoms with Crippen LogP contribution in [-0.2, 0) is 0 Å². The number of piperidine rings is 1. The quantitative estimate of drug-likeness (QED) is 0.624. The molecule has 1 aromatic heterocycles. The fourth-order valence-corrected chi connectivity index (χ4v) is 3.11. The number of nitrogens with zero attached hydrogens (tertiary/aromatic N) is 3. The summed E-state index contributed by atoms with van der Waals surface area (Å²) < 4.78 is 0. The number of hydrogen-bond donors (Lipinski definition) is 2. The van der Waals surface area contributed by atoms with Crippen LogP contribution in [0.2, 0.25) is 0 Å². The van der Waals surface area contributed by atoms with Crippen molar-refractivity contribution in [1.29, 1.82) is 0 Å². The van der Waals surface area contributed by atoms with Gasteiger partial charge in [0.05, 0.1) is 6.04 Å². The first-order valence-corrected chi connectivity index (χ1v) is 7.18. The zero-order valence-electron chi connectivity index (χ0n) is 12.0. The molecule has 2 rings (SSSR count). The van der Waals surface area contributed by atoms with Crippen molar-refractivity contribution in [3.05, 3.63) is 24.3 Å². The van der Waals surface area contributed by atoms with Gasteiger partial charge < -0.3 is 0 Å². The number of aromatic nitrogens is 2. The number of rotatable bonds is 5. The van der Waals surface area contributed by atoms with Crippen LogP contribution < -0.4 is 11.3 Å². The molecule has 1 aliphatic heterocycles. The largest absolute Gasteiger partial charge is 0.296 e. The summed E-state index contributed by atoms with van der Waals surface area (Å²) in [5, 5.41) is 0. The Morgan fingerprint density at radius 3 is 2.47 bits per heavy atom. The van der Waals surface area contributed by atoms with E-state index in [2.05, 4.69) is 34.1 Å². The standard InChI is InChI=1S/C14H25N5/c1-3-14(2,19-7-5-4-6-8-19)13(18-15)12-9-16-11-17-10-12/h9-11,13,18H,3-8,15H2,1-2H3. The van der Waals surface area contributed by atoms with E-state index in [9.17, 15) is 0 Å². The summed E-state index contributed by atoms with van der Waals surface area (Å²) in [6.07, 6.45) is 10.2. The van der Waals surface area contributed by atoms with Gasteiger partial charge in [-0.2, -0.15) is 0 Å². The van der Waals surface area contributed by atoms with E-state index >= 15 is 0 Å². The molecule has 5 nitrogen and oxygen atoms in total. The second-order valence-electron chi connectivity index (χ2n) is 5.53. The molecule has 0 aliphatic carbocycles. The Morgan fingerprint density at radius 1 is 1.32 bits per heavy atom. The molecule has 0 spiro atoms. The molecule has 0 radical (unpaired) electrons. The normalized spacial score (nSPS) is 21.8. The molecular weight excluding hydrogens is 238 g/mol. The molecule has 1 aliphatic rings. The van der Waals surface area contributed by atoms with Crippen LogP contribution >= 0.6 is 0 Å². The van der Waals surface area contributed by atoms with Gasteiger partial charge in [-0.05, 0) is 39.3 Å². The summed E-state index contributed by atoms with van der Waals surface area (Å²) in [6.45, 7) is 6.81. The highest BCUT2D eigenvalue weighted by molar-refractivity contribution is 5.16. The molecular formula is C14H25N5. The number of likely N-dealkylation sites (tertiary alicyclic amines) is 1. The Hall–Kier alpha value is -1.04. The summed E-state index contributed by atoms with van der Waals surface area (Å²) in [7, 11) is 0. The van der Waals surface area contributed by atoms with E-state index in [0.717, 1.165) is 25.1 Å². The Labute approximate surface area is 115 Å². The molecule has 3 N–H and O–H groups in total. The van der Waals surface area contributed by atoms with Gasteiger partial charge in [-0.1, -0.05) is 13.3 Å². The lowest BCUT2D eigenvalue weighted by molar-refractivity contribution is 0.0422. The molecule has 5 heteroatoms. The Balaban J connectivity index is 2.26. The van der Waals surface area contributed by atoms with E-state index in [1.54, 1.807) is 6.33 Å². The summed E-state index contributed by atoms with van der Waals surface area (Å²) in [5.74, 6) is 5.84. The molecule has 0 bridgehead atoms. The number of nitrogens with two attached hydrogens (primary N) is 1. The zero-order valence-corrected chi connectivity index (χ0v) is 12.0. The van der Waals surface area contributed by atoms with E-state index in [1.807, 2.05) is 12.4 Å². The maximum absolute atomic E-state index is 5.84. The molecule has 2 heterocycles.